The summed E-state index contributed by atoms with van der Waals surface area (Å²) in [6.07, 6.45) is 2.92. The Morgan fingerprint density at radius 3 is 2.79 bits per heavy atom. The van der Waals surface area contributed by atoms with Gasteiger partial charge in [0.05, 0.1) is 0 Å². The van der Waals surface area contributed by atoms with Crippen LogP contribution in [0.5, 0.6) is 0 Å². The topological polar surface area (TPSA) is 70.2 Å². The van der Waals surface area contributed by atoms with Gasteiger partial charge in [0.2, 0.25) is 0 Å². The zero-order valence-corrected chi connectivity index (χ0v) is 7.20. The van der Waals surface area contributed by atoms with Crippen molar-refractivity contribution in [2.45, 2.75) is 0 Å². The maximum absolute atomic E-state index is 11.2. The van der Waals surface area contributed by atoms with Gasteiger partial charge >= 0.3 is 5.97 Å². The zero-order chi connectivity index (χ0) is 10.3. The number of carboxylic acid groups (broad SMARTS) is 1. The van der Waals surface area contributed by atoms with Crippen molar-refractivity contribution in [1.29, 1.82) is 0 Å². The van der Waals surface area contributed by atoms with Crippen LogP contribution in [0.2, 0.25) is 0 Å². The number of fused-ring (bicyclic) bond motifs is 1. The Morgan fingerprint density at radius 1 is 1.43 bits per heavy atom. The average molecular weight is 189 g/mol. The van der Waals surface area contributed by atoms with Gasteiger partial charge in [-0.15, -0.1) is 0 Å². The first kappa shape index (κ1) is 8.50. The molecule has 0 unspecified atom stereocenters. The third-order valence-corrected chi connectivity index (χ3v) is 2.03. The van der Waals surface area contributed by atoms with Gasteiger partial charge in [-0.2, -0.15) is 0 Å². The fourth-order valence-corrected chi connectivity index (χ4v) is 1.32. The minimum absolute atomic E-state index is 0.0741. The molecule has 0 atom stereocenters. The number of carboxylic acids is 1. The monoisotopic (exact) mass is 189 g/mol. The van der Waals surface area contributed by atoms with Crippen LogP contribution in [0.1, 0.15) is 10.5 Å². The van der Waals surface area contributed by atoms with E-state index in [1.807, 2.05) is 0 Å². The molecule has 0 aromatic carbocycles. The van der Waals surface area contributed by atoms with Crippen LogP contribution in [-0.2, 0) is 4.79 Å². The summed E-state index contributed by atoms with van der Waals surface area (Å²) in [5.74, 6) is -1.23. The van der Waals surface area contributed by atoms with Gasteiger partial charge in [0, 0.05) is 16.1 Å². The van der Waals surface area contributed by atoms with Crippen LogP contribution >= 0.6 is 0 Å². The van der Waals surface area contributed by atoms with Crippen molar-refractivity contribution in [1.82, 2.24) is 4.98 Å². The number of Topliss-reactive ketones (excluding diaryl/α,β-unsaturated/α-hetero) is 1. The quantitative estimate of drug-likeness (QED) is 0.580. The highest BCUT2D eigenvalue weighted by Gasteiger charge is 2.10. The minimum Gasteiger partial charge on any atom is -0.477 e. The van der Waals surface area contributed by atoms with Gasteiger partial charge < -0.3 is 10.1 Å². The molecule has 1 aliphatic rings. The summed E-state index contributed by atoms with van der Waals surface area (Å²) in [6, 6.07) is 1.43. The molecule has 4 nitrogen and oxygen atoms in total. The molecule has 2 N–H and O–H groups in total. The lowest BCUT2D eigenvalue weighted by Gasteiger charge is -1.95. The van der Waals surface area contributed by atoms with Crippen LogP contribution in [0.25, 0.3) is 12.2 Å². The highest BCUT2D eigenvalue weighted by molar-refractivity contribution is 6.21. The molecule has 0 amide bonds. The number of hydrogen-bond donors (Lipinski definition) is 2. The van der Waals surface area contributed by atoms with Gasteiger partial charge in [-0.05, 0) is 18.2 Å². The van der Waals surface area contributed by atoms with Gasteiger partial charge in [-0.3, -0.25) is 4.79 Å². The summed E-state index contributed by atoms with van der Waals surface area (Å²) >= 11 is 0. The molecule has 14 heavy (non-hydrogen) atoms. The van der Waals surface area contributed by atoms with Crippen LogP contribution in [-0.4, -0.2) is 21.8 Å². The Kier molecular flexibility index (Phi) is 1.64. The lowest BCUT2D eigenvalue weighted by atomic mass is 10.1. The number of aromatic amines is 1. The van der Waals surface area contributed by atoms with E-state index in [-0.39, 0.29) is 11.5 Å². The van der Waals surface area contributed by atoms with Crippen LogP contribution in [0.4, 0.5) is 0 Å². The van der Waals surface area contributed by atoms with Crippen LogP contribution < -0.4 is 10.6 Å². The Balaban J connectivity index is 2.75. The van der Waals surface area contributed by atoms with Gasteiger partial charge in [0.15, 0.2) is 5.78 Å². The molecule has 2 rings (SSSR count). The van der Waals surface area contributed by atoms with Crippen molar-refractivity contribution in [3.63, 3.8) is 0 Å². The highest BCUT2D eigenvalue weighted by Crippen LogP contribution is 1.99. The molecule has 1 aliphatic carbocycles. The molecule has 1 aromatic rings. The zero-order valence-electron chi connectivity index (χ0n) is 7.20. The fraction of sp³-hybridized carbons (Fsp3) is 0. The van der Waals surface area contributed by atoms with Crippen LogP contribution in [0.15, 0.2) is 18.2 Å². The lowest BCUT2D eigenvalue weighted by Crippen LogP contribution is -2.28. The highest BCUT2D eigenvalue weighted by atomic mass is 16.4. The number of ketones is 1. The number of allylic oxidation sites excluding steroid dienone is 1. The first-order valence-electron chi connectivity index (χ1n) is 3.97. The number of carbonyl (C=O) groups is 2. The fourth-order valence-electron chi connectivity index (χ4n) is 1.32. The maximum atomic E-state index is 11.2. The van der Waals surface area contributed by atoms with E-state index in [0.717, 1.165) is 0 Å². The van der Waals surface area contributed by atoms with E-state index in [1.54, 1.807) is 6.08 Å². The average Bonchev–Trinajstić information content (AvgIpc) is 2.48. The van der Waals surface area contributed by atoms with E-state index >= 15 is 0 Å². The second kappa shape index (κ2) is 2.70. The van der Waals surface area contributed by atoms with Gasteiger partial charge in [0.25, 0.3) is 0 Å². The standard InChI is InChI=1S/C10H7NO3/c1-5-2-7-6(4-9(5)12)3-8(11-7)10(13)14/h2-4,11H,1H2,(H,13,14). The molecule has 0 saturated heterocycles. The molecule has 0 saturated carbocycles. The van der Waals surface area contributed by atoms with E-state index < -0.39 is 5.97 Å². The molecular formula is C10H7NO3. The number of H-pyrrole nitrogens is 1. The molecule has 4 heteroatoms. The third kappa shape index (κ3) is 1.17. The van der Waals surface area contributed by atoms with E-state index in [0.29, 0.717) is 16.1 Å². The number of aromatic nitrogens is 1. The predicted molar refractivity (Wildman–Crippen MR) is 50.1 cm³/mol. The van der Waals surface area contributed by atoms with E-state index in [4.69, 9.17) is 5.11 Å². The molecule has 1 heterocycles. The predicted octanol–water partition coefficient (Wildman–Crippen LogP) is -0.587. The van der Waals surface area contributed by atoms with Gasteiger partial charge in [-0.25, -0.2) is 4.79 Å². The molecule has 0 spiro atoms. The minimum atomic E-state index is -1.04. The summed E-state index contributed by atoms with van der Waals surface area (Å²) in [7, 11) is 0. The van der Waals surface area contributed by atoms with E-state index in [2.05, 4.69) is 11.6 Å². The van der Waals surface area contributed by atoms with Crippen LogP contribution in [0, 0.1) is 0 Å². The molecule has 0 radical (unpaired) electrons. The number of carbonyl (C=O) groups excluding carboxylic acids is 1. The summed E-state index contributed by atoms with van der Waals surface area (Å²) < 4.78 is 0. The number of aromatic carboxylic acids is 1. The van der Waals surface area contributed by atoms with Crippen molar-refractivity contribution in [2.24, 2.45) is 0 Å². The largest absolute Gasteiger partial charge is 0.477 e. The van der Waals surface area contributed by atoms with Crippen molar-refractivity contribution < 1.29 is 14.7 Å². The molecule has 70 valence electrons. The molecule has 1 aromatic heterocycles. The molecular weight excluding hydrogens is 182 g/mol. The maximum Gasteiger partial charge on any atom is 0.352 e. The second-order valence-electron chi connectivity index (χ2n) is 3.04. The number of rotatable bonds is 1. The second-order valence-corrected chi connectivity index (χ2v) is 3.04. The Hall–Kier alpha value is -2.10. The van der Waals surface area contributed by atoms with Crippen LogP contribution in [0.3, 0.4) is 0 Å². The summed E-state index contributed by atoms with van der Waals surface area (Å²) in [5, 5.41) is 9.91. The van der Waals surface area contributed by atoms with Gasteiger partial charge in [0.1, 0.15) is 5.69 Å². The number of nitrogens with one attached hydrogen (secondary N) is 1. The van der Waals surface area contributed by atoms with E-state index in [9.17, 15) is 9.59 Å². The Morgan fingerprint density at radius 2 is 2.14 bits per heavy atom. The lowest BCUT2D eigenvalue weighted by molar-refractivity contribution is -0.109. The summed E-state index contributed by atoms with van der Waals surface area (Å²) in [6.45, 7) is 3.54. The molecule has 0 aliphatic heterocycles. The third-order valence-electron chi connectivity index (χ3n) is 2.03. The van der Waals surface area contributed by atoms with Crippen molar-refractivity contribution in [3.8, 4) is 0 Å². The smallest absolute Gasteiger partial charge is 0.352 e. The first-order valence-corrected chi connectivity index (χ1v) is 3.97. The molecule has 0 bridgehead atoms. The normalized spacial score (nSPS) is 14.3. The number of hydrogen-bond acceptors (Lipinski definition) is 2. The van der Waals surface area contributed by atoms with Crippen molar-refractivity contribution in [2.75, 3.05) is 0 Å². The summed E-state index contributed by atoms with van der Waals surface area (Å²) in [4.78, 5) is 24.5. The van der Waals surface area contributed by atoms with Gasteiger partial charge in [-0.1, -0.05) is 6.58 Å². The Bertz CT molecular complexity index is 519. The first-order chi connectivity index (χ1) is 6.58. The Labute approximate surface area is 78.9 Å². The van der Waals surface area contributed by atoms with E-state index in [1.165, 1.54) is 12.1 Å². The SMILES string of the molecule is C=C1C=c2[nH]c(C(=O)O)cc2=CC1=O. The summed E-state index contributed by atoms with van der Waals surface area (Å²) in [5.41, 5.74) is 0.432. The molecule has 0 fully saturated rings. The van der Waals surface area contributed by atoms with Crippen molar-refractivity contribution >= 4 is 23.9 Å². The van der Waals surface area contributed by atoms with Crippen molar-refractivity contribution in [3.05, 3.63) is 34.5 Å².